The van der Waals surface area contributed by atoms with E-state index in [1.165, 1.54) is 0 Å². The molecule has 0 bridgehead atoms. The summed E-state index contributed by atoms with van der Waals surface area (Å²) in [6.07, 6.45) is 0. The Bertz CT molecular complexity index is 912. The Kier molecular flexibility index (Phi) is 4.73. The molecule has 0 radical (unpaired) electrons. The number of aryl methyl sites for hydroxylation is 1. The lowest BCUT2D eigenvalue weighted by molar-refractivity contribution is 0.0997. The third kappa shape index (κ3) is 3.49. The van der Waals surface area contributed by atoms with E-state index in [9.17, 15) is 4.79 Å². The molecule has 1 saturated heterocycles. The zero-order valence-electron chi connectivity index (χ0n) is 14.4. The van der Waals surface area contributed by atoms with Gasteiger partial charge in [-0.25, -0.2) is 4.98 Å². The van der Waals surface area contributed by atoms with E-state index in [1.54, 1.807) is 23.5 Å². The second kappa shape index (κ2) is 7.31. The van der Waals surface area contributed by atoms with E-state index >= 15 is 0 Å². The second-order valence-electron chi connectivity index (χ2n) is 5.99. The van der Waals surface area contributed by atoms with Crippen LogP contribution in [0.5, 0.6) is 0 Å². The number of carbonyl (C=O) groups excluding carboxylic acids is 1. The number of benzene rings is 1. The molecule has 4 rings (SSSR count). The molecule has 2 aromatic heterocycles. The van der Waals surface area contributed by atoms with Gasteiger partial charge in [0.2, 0.25) is 0 Å². The fourth-order valence-corrected chi connectivity index (χ4v) is 3.52. The Morgan fingerprint density at radius 3 is 2.77 bits per heavy atom. The van der Waals surface area contributed by atoms with Gasteiger partial charge in [-0.05, 0) is 31.2 Å². The van der Waals surface area contributed by atoms with E-state index in [1.807, 2.05) is 36.6 Å². The lowest BCUT2D eigenvalue weighted by atomic mass is 10.2. The average Bonchev–Trinajstić information content (AvgIpc) is 3.32. The first-order valence-electron chi connectivity index (χ1n) is 8.46. The SMILES string of the molecule is Cc1nc(-c2ccc(C(=O)Nc3ccccc3N3CCOCC3)o2)cs1. The van der Waals surface area contributed by atoms with Gasteiger partial charge in [0.25, 0.3) is 5.91 Å². The number of anilines is 2. The molecule has 7 heteroatoms. The zero-order valence-corrected chi connectivity index (χ0v) is 15.2. The third-order valence-corrected chi connectivity index (χ3v) is 4.98. The number of hydrogen-bond donors (Lipinski definition) is 1. The van der Waals surface area contributed by atoms with Crippen LogP contribution in [-0.4, -0.2) is 37.2 Å². The van der Waals surface area contributed by atoms with Crippen molar-refractivity contribution in [2.24, 2.45) is 0 Å². The molecule has 6 nitrogen and oxygen atoms in total. The zero-order chi connectivity index (χ0) is 17.9. The van der Waals surface area contributed by atoms with Gasteiger partial charge in [-0.2, -0.15) is 0 Å². The number of nitrogens with one attached hydrogen (secondary N) is 1. The van der Waals surface area contributed by atoms with Crippen LogP contribution < -0.4 is 10.2 Å². The van der Waals surface area contributed by atoms with Crippen LogP contribution in [0.2, 0.25) is 0 Å². The van der Waals surface area contributed by atoms with Gasteiger partial charge in [0.15, 0.2) is 11.5 Å². The van der Waals surface area contributed by atoms with Crippen molar-refractivity contribution in [1.29, 1.82) is 0 Å². The van der Waals surface area contributed by atoms with E-state index in [2.05, 4.69) is 15.2 Å². The first kappa shape index (κ1) is 16.8. The monoisotopic (exact) mass is 369 g/mol. The molecule has 1 amide bonds. The van der Waals surface area contributed by atoms with Crippen molar-refractivity contribution in [3.05, 3.63) is 52.5 Å². The summed E-state index contributed by atoms with van der Waals surface area (Å²) < 4.78 is 11.1. The fraction of sp³-hybridized carbons (Fsp3) is 0.263. The topological polar surface area (TPSA) is 67.6 Å². The minimum absolute atomic E-state index is 0.266. The summed E-state index contributed by atoms with van der Waals surface area (Å²) >= 11 is 1.55. The van der Waals surface area contributed by atoms with Crippen molar-refractivity contribution in [2.45, 2.75) is 6.92 Å². The molecular formula is C19H19N3O3S. The number of hydrogen-bond acceptors (Lipinski definition) is 6. The summed E-state index contributed by atoms with van der Waals surface area (Å²) in [6, 6.07) is 11.2. The summed E-state index contributed by atoms with van der Waals surface area (Å²) in [4.78, 5) is 19.2. The van der Waals surface area contributed by atoms with Gasteiger partial charge >= 0.3 is 0 Å². The standard InChI is InChI=1S/C19H19N3O3S/c1-13-20-15(12-26-13)17-6-7-18(25-17)19(23)21-14-4-2-3-5-16(14)22-8-10-24-11-9-22/h2-7,12H,8-11H2,1H3,(H,21,23). The number of ether oxygens (including phenoxy) is 1. The highest BCUT2D eigenvalue weighted by Crippen LogP contribution is 2.28. The number of carbonyl (C=O) groups is 1. The van der Waals surface area contributed by atoms with Gasteiger partial charge in [-0.3, -0.25) is 4.79 Å². The summed E-state index contributed by atoms with van der Waals surface area (Å²) in [5.41, 5.74) is 2.51. The first-order valence-corrected chi connectivity index (χ1v) is 9.34. The van der Waals surface area contributed by atoms with Gasteiger partial charge in [-0.1, -0.05) is 12.1 Å². The predicted octanol–water partition coefficient (Wildman–Crippen LogP) is 3.80. The Labute approximate surface area is 155 Å². The Morgan fingerprint density at radius 1 is 1.19 bits per heavy atom. The van der Waals surface area contributed by atoms with Crippen molar-refractivity contribution in [1.82, 2.24) is 4.98 Å². The molecule has 3 aromatic rings. The lowest BCUT2D eigenvalue weighted by Gasteiger charge is -2.30. The maximum atomic E-state index is 12.6. The van der Waals surface area contributed by atoms with E-state index in [0.717, 1.165) is 35.2 Å². The maximum Gasteiger partial charge on any atom is 0.291 e. The normalized spacial score (nSPS) is 14.4. The van der Waals surface area contributed by atoms with E-state index in [-0.39, 0.29) is 11.7 Å². The van der Waals surface area contributed by atoms with Crippen molar-refractivity contribution in [2.75, 3.05) is 36.5 Å². The predicted molar refractivity (Wildman–Crippen MR) is 102 cm³/mol. The first-order chi connectivity index (χ1) is 12.7. The molecule has 3 heterocycles. The molecule has 1 fully saturated rings. The number of furan rings is 1. The summed E-state index contributed by atoms with van der Waals surface area (Å²) in [5.74, 6) is 0.590. The van der Waals surface area contributed by atoms with Crippen LogP contribution >= 0.6 is 11.3 Å². The van der Waals surface area contributed by atoms with E-state index in [0.29, 0.717) is 19.0 Å². The molecule has 0 unspecified atom stereocenters. The van der Waals surface area contributed by atoms with Crippen molar-refractivity contribution >= 4 is 28.6 Å². The van der Waals surface area contributed by atoms with Crippen molar-refractivity contribution in [3.8, 4) is 11.5 Å². The highest BCUT2D eigenvalue weighted by molar-refractivity contribution is 7.09. The maximum absolute atomic E-state index is 12.6. The fourth-order valence-electron chi connectivity index (χ4n) is 2.92. The molecule has 26 heavy (non-hydrogen) atoms. The van der Waals surface area contributed by atoms with Crippen LogP contribution in [-0.2, 0) is 4.74 Å². The van der Waals surface area contributed by atoms with Crippen LogP contribution in [0.3, 0.4) is 0 Å². The largest absolute Gasteiger partial charge is 0.449 e. The Balaban J connectivity index is 1.53. The quantitative estimate of drug-likeness (QED) is 0.758. The van der Waals surface area contributed by atoms with Gasteiger partial charge < -0.3 is 19.4 Å². The van der Waals surface area contributed by atoms with E-state index in [4.69, 9.17) is 9.15 Å². The van der Waals surface area contributed by atoms with Crippen LogP contribution in [0, 0.1) is 6.92 Å². The smallest absolute Gasteiger partial charge is 0.291 e. The summed E-state index contributed by atoms with van der Waals surface area (Å²) in [5, 5.41) is 5.84. The number of amides is 1. The lowest BCUT2D eigenvalue weighted by Crippen LogP contribution is -2.36. The Hall–Kier alpha value is -2.64. The number of thiazole rings is 1. The average molecular weight is 369 g/mol. The van der Waals surface area contributed by atoms with Crippen LogP contribution in [0.25, 0.3) is 11.5 Å². The van der Waals surface area contributed by atoms with E-state index < -0.39 is 0 Å². The van der Waals surface area contributed by atoms with Gasteiger partial charge in [0, 0.05) is 18.5 Å². The number of rotatable bonds is 4. The van der Waals surface area contributed by atoms with Crippen LogP contribution in [0.1, 0.15) is 15.6 Å². The van der Waals surface area contributed by atoms with Crippen molar-refractivity contribution < 1.29 is 13.9 Å². The second-order valence-corrected chi connectivity index (χ2v) is 7.05. The summed E-state index contributed by atoms with van der Waals surface area (Å²) in [7, 11) is 0. The minimum Gasteiger partial charge on any atom is -0.449 e. The molecular weight excluding hydrogens is 350 g/mol. The minimum atomic E-state index is -0.274. The van der Waals surface area contributed by atoms with Gasteiger partial charge in [-0.15, -0.1) is 11.3 Å². The Morgan fingerprint density at radius 2 is 2.00 bits per heavy atom. The molecule has 134 valence electrons. The highest BCUT2D eigenvalue weighted by Gasteiger charge is 2.18. The molecule has 0 atom stereocenters. The molecule has 0 aliphatic carbocycles. The van der Waals surface area contributed by atoms with Gasteiger partial charge in [0.05, 0.1) is 29.6 Å². The molecule has 1 N–H and O–H groups in total. The number of aromatic nitrogens is 1. The van der Waals surface area contributed by atoms with Crippen molar-refractivity contribution in [3.63, 3.8) is 0 Å². The molecule has 0 saturated carbocycles. The highest BCUT2D eigenvalue weighted by atomic mass is 32.1. The molecule has 1 aliphatic rings. The van der Waals surface area contributed by atoms with Crippen LogP contribution in [0.15, 0.2) is 46.2 Å². The number of nitrogens with zero attached hydrogens (tertiary/aromatic N) is 2. The van der Waals surface area contributed by atoms with Crippen LogP contribution in [0.4, 0.5) is 11.4 Å². The molecule has 1 aliphatic heterocycles. The number of morpholine rings is 1. The number of para-hydroxylation sites is 2. The molecule has 0 spiro atoms. The summed E-state index contributed by atoms with van der Waals surface area (Å²) in [6.45, 7) is 4.93. The van der Waals surface area contributed by atoms with Gasteiger partial charge in [0.1, 0.15) is 5.69 Å². The third-order valence-electron chi connectivity index (χ3n) is 4.21. The molecule has 1 aromatic carbocycles.